The standard InChI is InChI=1S/C17H19N3OS/c1-20(2)16(13-7-8-22-11-13)10-18-17(21)15-9-12-5-3-4-6-14(12)19-15/h3-9,11,16,19H,10H2,1-2H3,(H,18,21)/t16-/m0/s1. The predicted octanol–water partition coefficient (Wildman–Crippen LogP) is 3.26. The van der Waals surface area contributed by atoms with Gasteiger partial charge < -0.3 is 15.2 Å². The van der Waals surface area contributed by atoms with Crippen molar-refractivity contribution in [1.29, 1.82) is 0 Å². The number of aromatic amines is 1. The van der Waals surface area contributed by atoms with Gasteiger partial charge in [0.05, 0.1) is 6.04 Å². The van der Waals surface area contributed by atoms with Crippen LogP contribution in [-0.4, -0.2) is 36.4 Å². The highest BCUT2D eigenvalue weighted by Gasteiger charge is 2.17. The molecule has 3 aromatic rings. The number of fused-ring (bicyclic) bond motifs is 1. The van der Waals surface area contributed by atoms with Gasteiger partial charge in [-0.3, -0.25) is 4.79 Å². The summed E-state index contributed by atoms with van der Waals surface area (Å²) in [7, 11) is 4.05. The minimum absolute atomic E-state index is 0.0710. The molecule has 0 saturated carbocycles. The maximum atomic E-state index is 12.4. The number of nitrogens with one attached hydrogen (secondary N) is 2. The summed E-state index contributed by atoms with van der Waals surface area (Å²) in [5, 5.41) is 8.26. The molecule has 2 N–H and O–H groups in total. The number of H-pyrrole nitrogens is 1. The summed E-state index contributed by atoms with van der Waals surface area (Å²) in [6, 6.07) is 12.1. The van der Waals surface area contributed by atoms with E-state index in [2.05, 4.69) is 32.0 Å². The van der Waals surface area contributed by atoms with Crippen LogP contribution in [-0.2, 0) is 0 Å². The second-order valence-electron chi connectivity index (χ2n) is 5.52. The second-order valence-corrected chi connectivity index (χ2v) is 6.30. The van der Waals surface area contributed by atoms with Gasteiger partial charge in [0, 0.05) is 17.4 Å². The molecule has 2 heterocycles. The van der Waals surface area contributed by atoms with E-state index in [4.69, 9.17) is 0 Å². The van der Waals surface area contributed by atoms with Crippen molar-refractivity contribution in [3.8, 4) is 0 Å². The SMILES string of the molecule is CN(C)[C@@H](CNC(=O)c1cc2ccccc2[nH]1)c1ccsc1. The molecule has 3 rings (SSSR count). The summed E-state index contributed by atoms with van der Waals surface area (Å²) in [4.78, 5) is 17.6. The van der Waals surface area contributed by atoms with Crippen LogP contribution in [0.2, 0.25) is 0 Å². The zero-order valence-electron chi connectivity index (χ0n) is 12.7. The highest BCUT2D eigenvalue weighted by molar-refractivity contribution is 7.07. The van der Waals surface area contributed by atoms with Gasteiger partial charge in [-0.05, 0) is 48.6 Å². The van der Waals surface area contributed by atoms with Gasteiger partial charge in [-0.15, -0.1) is 0 Å². The fourth-order valence-electron chi connectivity index (χ4n) is 2.54. The number of aromatic nitrogens is 1. The molecule has 1 amide bonds. The molecule has 0 aliphatic heterocycles. The predicted molar refractivity (Wildman–Crippen MR) is 91.4 cm³/mol. The fraction of sp³-hybridized carbons (Fsp3) is 0.235. The molecule has 0 bridgehead atoms. The minimum Gasteiger partial charge on any atom is -0.351 e. The number of para-hydroxylation sites is 1. The van der Waals surface area contributed by atoms with Crippen molar-refractivity contribution in [1.82, 2.24) is 15.2 Å². The summed E-state index contributed by atoms with van der Waals surface area (Å²) in [6.07, 6.45) is 0. The van der Waals surface area contributed by atoms with E-state index in [0.29, 0.717) is 12.2 Å². The number of nitrogens with zero attached hydrogens (tertiary/aromatic N) is 1. The summed E-state index contributed by atoms with van der Waals surface area (Å²) in [5.74, 6) is -0.0710. The minimum atomic E-state index is -0.0710. The third-order valence-electron chi connectivity index (χ3n) is 3.78. The van der Waals surface area contributed by atoms with E-state index in [9.17, 15) is 4.79 Å². The van der Waals surface area contributed by atoms with Crippen LogP contribution in [0.4, 0.5) is 0 Å². The molecule has 0 spiro atoms. The van der Waals surface area contributed by atoms with Crippen LogP contribution in [0.3, 0.4) is 0 Å². The number of carbonyl (C=O) groups excluding carboxylic acids is 1. The van der Waals surface area contributed by atoms with Gasteiger partial charge >= 0.3 is 0 Å². The Labute approximate surface area is 133 Å². The van der Waals surface area contributed by atoms with Crippen molar-refractivity contribution in [3.05, 3.63) is 58.4 Å². The number of carbonyl (C=O) groups is 1. The monoisotopic (exact) mass is 313 g/mol. The lowest BCUT2D eigenvalue weighted by Crippen LogP contribution is -2.34. The molecule has 22 heavy (non-hydrogen) atoms. The third-order valence-corrected chi connectivity index (χ3v) is 4.48. The van der Waals surface area contributed by atoms with E-state index in [1.807, 2.05) is 44.4 Å². The third kappa shape index (κ3) is 3.05. The molecule has 1 aromatic carbocycles. The number of likely N-dealkylation sites (N-methyl/N-ethyl adjacent to an activating group) is 1. The van der Waals surface area contributed by atoms with Crippen LogP contribution in [0, 0.1) is 0 Å². The first-order valence-electron chi connectivity index (χ1n) is 7.19. The van der Waals surface area contributed by atoms with Crippen molar-refractivity contribution < 1.29 is 4.79 Å². The van der Waals surface area contributed by atoms with Gasteiger partial charge in [0.25, 0.3) is 5.91 Å². The number of rotatable bonds is 5. The Bertz CT molecular complexity index is 728. The quantitative estimate of drug-likeness (QED) is 0.759. The summed E-state index contributed by atoms with van der Waals surface area (Å²) in [6.45, 7) is 0.581. The largest absolute Gasteiger partial charge is 0.351 e. The van der Waals surface area contributed by atoms with Crippen LogP contribution in [0.5, 0.6) is 0 Å². The molecule has 114 valence electrons. The van der Waals surface area contributed by atoms with Gasteiger partial charge in [0.1, 0.15) is 5.69 Å². The molecule has 0 fully saturated rings. The molecule has 0 aliphatic carbocycles. The van der Waals surface area contributed by atoms with Crippen molar-refractivity contribution in [3.63, 3.8) is 0 Å². The molecule has 5 heteroatoms. The first-order valence-corrected chi connectivity index (χ1v) is 8.14. The van der Waals surface area contributed by atoms with Crippen molar-refractivity contribution >= 4 is 28.1 Å². The Morgan fingerprint density at radius 3 is 2.82 bits per heavy atom. The van der Waals surface area contributed by atoms with Crippen molar-refractivity contribution in [2.75, 3.05) is 20.6 Å². The smallest absolute Gasteiger partial charge is 0.267 e. The van der Waals surface area contributed by atoms with Gasteiger partial charge in [0.15, 0.2) is 0 Å². The van der Waals surface area contributed by atoms with Crippen LogP contribution in [0.25, 0.3) is 10.9 Å². The van der Waals surface area contributed by atoms with Crippen molar-refractivity contribution in [2.45, 2.75) is 6.04 Å². The van der Waals surface area contributed by atoms with E-state index in [-0.39, 0.29) is 11.9 Å². The van der Waals surface area contributed by atoms with E-state index >= 15 is 0 Å². The van der Waals surface area contributed by atoms with E-state index in [0.717, 1.165) is 10.9 Å². The average Bonchev–Trinajstić information content (AvgIpc) is 3.16. The highest BCUT2D eigenvalue weighted by Crippen LogP contribution is 2.20. The Morgan fingerprint density at radius 2 is 2.14 bits per heavy atom. The summed E-state index contributed by atoms with van der Waals surface area (Å²) in [5.41, 5.74) is 2.81. The number of thiophene rings is 1. The average molecular weight is 313 g/mol. The van der Waals surface area contributed by atoms with Gasteiger partial charge in [-0.2, -0.15) is 11.3 Å². The molecular weight excluding hydrogens is 294 g/mol. The Hall–Kier alpha value is -2.11. The molecule has 0 unspecified atom stereocenters. The topological polar surface area (TPSA) is 48.1 Å². The van der Waals surface area contributed by atoms with Crippen LogP contribution < -0.4 is 5.32 Å². The van der Waals surface area contributed by atoms with Crippen LogP contribution >= 0.6 is 11.3 Å². The Morgan fingerprint density at radius 1 is 1.32 bits per heavy atom. The first kappa shape index (κ1) is 14.8. The van der Waals surface area contributed by atoms with Crippen LogP contribution in [0.1, 0.15) is 22.1 Å². The first-order chi connectivity index (χ1) is 10.6. The molecular formula is C17H19N3OS. The van der Waals surface area contributed by atoms with E-state index < -0.39 is 0 Å². The lowest BCUT2D eigenvalue weighted by Gasteiger charge is -2.23. The van der Waals surface area contributed by atoms with Gasteiger partial charge in [-0.25, -0.2) is 0 Å². The molecule has 0 radical (unpaired) electrons. The Balaban J connectivity index is 1.71. The number of hydrogen-bond donors (Lipinski definition) is 2. The summed E-state index contributed by atoms with van der Waals surface area (Å²) < 4.78 is 0. The van der Waals surface area contributed by atoms with Crippen molar-refractivity contribution in [2.24, 2.45) is 0 Å². The Kier molecular flexibility index (Phi) is 4.27. The van der Waals surface area contributed by atoms with E-state index in [1.165, 1.54) is 5.56 Å². The molecule has 0 aliphatic rings. The lowest BCUT2D eigenvalue weighted by atomic mass is 10.1. The van der Waals surface area contributed by atoms with Gasteiger partial charge in [-0.1, -0.05) is 18.2 Å². The number of amides is 1. The number of hydrogen-bond acceptors (Lipinski definition) is 3. The summed E-state index contributed by atoms with van der Waals surface area (Å²) >= 11 is 1.67. The van der Waals surface area contributed by atoms with Crippen LogP contribution in [0.15, 0.2) is 47.2 Å². The van der Waals surface area contributed by atoms with E-state index in [1.54, 1.807) is 11.3 Å². The maximum absolute atomic E-state index is 12.4. The zero-order valence-corrected chi connectivity index (χ0v) is 13.5. The fourth-order valence-corrected chi connectivity index (χ4v) is 3.25. The molecule has 1 atom stereocenters. The number of benzene rings is 1. The zero-order chi connectivity index (χ0) is 15.5. The molecule has 2 aromatic heterocycles. The highest BCUT2D eigenvalue weighted by atomic mass is 32.1. The molecule has 4 nitrogen and oxygen atoms in total. The second kappa shape index (κ2) is 6.34. The maximum Gasteiger partial charge on any atom is 0.267 e. The lowest BCUT2D eigenvalue weighted by molar-refractivity contribution is 0.0938. The van der Waals surface area contributed by atoms with Gasteiger partial charge in [0.2, 0.25) is 0 Å². The molecule has 0 saturated heterocycles. The normalized spacial score (nSPS) is 12.7.